The molecule has 0 radical (unpaired) electrons. The van der Waals surface area contributed by atoms with E-state index in [0.29, 0.717) is 11.6 Å². The molecule has 3 rings (SSSR count). The first-order valence-electron chi connectivity index (χ1n) is 7.64. The highest BCUT2D eigenvalue weighted by molar-refractivity contribution is 7.09. The van der Waals surface area contributed by atoms with Crippen LogP contribution >= 0.6 is 11.3 Å². The highest BCUT2D eigenvalue weighted by atomic mass is 32.1. The van der Waals surface area contributed by atoms with E-state index in [9.17, 15) is 9.90 Å². The van der Waals surface area contributed by atoms with Crippen molar-refractivity contribution in [1.29, 1.82) is 0 Å². The molecule has 2 aromatic heterocycles. The molecule has 3 aromatic rings. The molecule has 0 atom stereocenters. The Labute approximate surface area is 143 Å². The fourth-order valence-corrected chi connectivity index (χ4v) is 3.04. The van der Waals surface area contributed by atoms with E-state index in [0.717, 1.165) is 21.5 Å². The van der Waals surface area contributed by atoms with E-state index >= 15 is 0 Å². The third-order valence-corrected chi connectivity index (χ3v) is 4.53. The molecule has 0 bridgehead atoms. The molecule has 6 nitrogen and oxygen atoms in total. The van der Waals surface area contributed by atoms with Gasteiger partial charge in [0.25, 0.3) is 5.91 Å². The lowest BCUT2D eigenvalue weighted by molar-refractivity contribution is -0.117. The third kappa shape index (κ3) is 3.35. The molecular formula is C17H18N4O2S. The molecule has 0 aliphatic carbocycles. The number of rotatable bonds is 4. The first kappa shape index (κ1) is 16.3. The Kier molecular flexibility index (Phi) is 4.44. The van der Waals surface area contributed by atoms with Gasteiger partial charge in [0.05, 0.1) is 22.6 Å². The maximum atomic E-state index is 12.0. The number of benzene rings is 1. The second kappa shape index (κ2) is 6.52. The normalized spacial score (nSPS) is 11.8. The average Bonchev–Trinajstić information content (AvgIpc) is 3.07. The van der Waals surface area contributed by atoms with Crippen LogP contribution in [0.15, 0.2) is 33.8 Å². The summed E-state index contributed by atoms with van der Waals surface area (Å²) in [5.41, 5.74) is 2.86. The molecule has 24 heavy (non-hydrogen) atoms. The Hall–Kier alpha value is -2.54. The number of aromatic hydroxyl groups is 1. The number of aromatic nitrogens is 2. The first-order chi connectivity index (χ1) is 11.4. The first-order valence-corrected chi connectivity index (χ1v) is 8.52. The standard InChI is InChI=1S/C17H18N4O2S/c1-9(2)11-4-5-14-13(6-11)16(17(23)19-14)21-20-15(22)7-12-8-24-10(3)18-12/h4-6,8-9,19,23H,7H2,1-3H3. The topological polar surface area (TPSA) is 90.7 Å². The molecular weight excluding hydrogens is 324 g/mol. The number of aromatic amines is 1. The predicted molar refractivity (Wildman–Crippen MR) is 94.1 cm³/mol. The summed E-state index contributed by atoms with van der Waals surface area (Å²) in [6.45, 7) is 6.07. The van der Waals surface area contributed by atoms with Crippen LogP contribution in [0.2, 0.25) is 0 Å². The number of nitrogens with one attached hydrogen (secondary N) is 1. The van der Waals surface area contributed by atoms with Gasteiger partial charge in [0, 0.05) is 10.8 Å². The van der Waals surface area contributed by atoms with Crippen molar-refractivity contribution in [3.63, 3.8) is 0 Å². The minimum Gasteiger partial charge on any atom is -0.493 e. The molecule has 0 saturated heterocycles. The average molecular weight is 342 g/mol. The summed E-state index contributed by atoms with van der Waals surface area (Å²) in [4.78, 5) is 19.0. The maximum absolute atomic E-state index is 12.0. The van der Waals surface area contributed by atoms with Gasteiger partial charge in [0.1, 0.15) is 0 Å². The number of nitrogens with zero attached hydrogens (tertiary/aromatic N) is 3. The van der Waals surface area contributed by atoms with Crippen LogP contribution in [0, 0.1) is 6.92 Å². The van der Waals surface area contributed by atoms with E-state index in [1.165, 1.54) is 11.3 Å². The molecule has 0 spiro atoms. The molecule has 0 fully saturated rings. The second-order valence-electron chi connectivity index (χ2n) is 5.91. The van der Waals surface area contributed by atoms with Crippen LogP contribution in [0.4, 0.5) is 5.69 Å². The molecule has 2 heterocycles. The minimum atomic E-state index is -0.394. The Morgan fingerprint density at radius 3 is 2.88 bits per heavy atom. The number of carbonyl (C=O) groups is 1. The van der Waals surface area contributed by atoms with Crippen LogP contribution in [0.1, 0.15) is 36.0 Å². The second-order valence-corrected chi connectivity index (χ2v) is 6.97. The van der Waals surface area contributed by atoms with Crippen molar-refractivity contribution >= 4 is 33.8 Å². The van der Waals surface area contributed by atoms with Gasteiger partial charge in [-0.2, -0.15) is 0 Å². The van der Waals surface area contributed by atoms with Crippen LogP contribution in [-0.4, -0.2) is 21.0 Å². The quantitative estimate of drug-likeness (QED) is 0.678. The molecule has 0 saturated carbocycles. The molecule has 0 aliphatic rings. The molecule has 7 heteroatoms. The maximum Gasteiger partial charge on any atom is 0.270 e. The van der Waals surface area contributed by atoms with E-state index in [1.54, 1.807) is 0 Å². The zero-order valence-electron chi connectivity index (χ0n) is 13.7. The summed E-state index contributed by atoms with van der Waals surface area (Å²) in [6, 6.07) is 5.85. The summed E-state index contributed by atoms with van der Waals surface area (Å²) in [6.07, 6.45) is 0.105. The molecule has 1 amide bonds. The highest BCUT2D eigenvalue weighted by Gasteiger charge is 2.13. The zero-order chi connectivity index (χ0) is 17.3. The molecule has 2 N–H and O–H groups in total. The lowest BCUT2D eigenvalue weighted by Crippen LogP contribution is -1.98. The highest BCUT2D eigenvalue weighted by Crippen LogP contribution is 2.37. The van der Waals surface area contributed by atoms with Crippen molar-refractivity contribution < 1.29 is 9.90 Å². The number of aryl methyl sites for hydroxylation is 1. The number of thiazole rings is 1. The predicted octanol–water partition coefficient (Wildman–Crippen LogP) is 4.61. The summed E-state index contributed by atoms with van der Waals surface area (Å²) >= 11 is 1.49. The lowest BCUT2D eigenvalue weighted by Gasteiger charge is -2.04. The van der Waals surface area contributed by atoms with Gasteiger partial charge in [-0.1, -0.05) is 19.9 Å². The number of hydrogen-bond donors (Lipinski definition) is 2. The third-order valence-electron chi connectivity index (χ3n) is 3.70. The van der Waals surface area contributed by atoms with Gasteiger partial charge in [-0.3, -0.25) is 4.79 Å². The molecule has 0 unspecified atom stereocenters. The lowest BCUT2D eigenvalue weighted by atomic mass is 10.0. The van der Waals surface area contributed by atoms with Crippen molar-refractivity contribution in [2.75, 3.05) is 0 Å². The van der Waals surface area contributed by atoms with E-state index in [-0.39, 0.29) is 18.0 Å². The van der Waals surface area contributed by atoms with Gasteiger partial charge < -0.3 is 10.1 Å². The molecule has 1 aromatic carbocycles. The minimum absolute atomic E-state index is 0.0908. The SMILES string of the molecule is Cc1nc(CC(=O)N=Nc2c(O)[nH]c3ccc(C(C)C)cc23)cs1. The monoisotopic (exact) mass is 342 g/mol. The number of hydrogen-bond acceptors (Lipinski definition) is 5. The fraction of sp³-hybridized carbons (Fsp3) is 0.294. The summed E-state index contributed by atoms with van der Waals surface area (Å²) < 4.78 is 0. The van der Waals surface area contributed by atoms with Crippen LogP contribution in [-0.2, 0) is 11.2 Å². The van der Waals surface area contributed by atoms with Gasteiger partial charge in [-0.25, -0.2) is 4.98 Å². The van der Waals surface area contributed by atoms with E-state index in [2.05, 4.69) is 34.0 Å². The number of fused-ring (bicyclic) bond motifs is 1. The van der Waals surface area contributed by atoms with Crippen LogP contribution in [0.5, 0.6) is 5.88 Å². The van der Waals surface area contributed by atoms with Crippen molar-refractivity contribution in [1.82, 2.24) is 9.97 Å². The smallest absolute Gasteiger partial charge is 0.270 e. The zero-order valence-corrected chi connectivity index (χ0v) is 14.5. The number of azo groups is 1. The van der Waals surface area contributed by atoms with Crippen molar-refractivity contribution in [3.8, 4) is 5.88 Å². The number of H-pyrrole nitrogens is 1. The Bertz CT molecular complexity index is 924. The number of carbonyl (C=O) groups excluding carboxylic acids is 1. The van der Waals surface area contributed by atoms with Gasteiger partial charge in [-0.05, 0) is 30.5 Å². The van der Waals surface area contributed by atoms with Gasteiger partial charge in [-0.15, -0.1) is 21.6 Å². The molecule has 0 aliphatic heterocycles. The summed E-state index contributed by atoms with van der Waals surface area (Å²) in [5.74, 6) is -0.133. The number of amides is 1. The molecule has 124 valence electrons. The van der Waals surface area contributed by atoms with E-state index in [1.807, 2.05) is 30.5 Å². The van der Waals surface area contributed by atoms with Crippen molar-refractivity contribution in [2.24, 2.45) is 10.2 Å². The van der Waals surface area contributed by atoms with Gasteiger partial charge in [0.2, 0.25) is 5.88 Å². The Morgan fingerprint density at radius 1 is 1.42 bits per heavy atom. The van der Waals surface area contributed by atoms with Gasteiger partial charge in [0.15, 0.2) is 5.69 Å². The van der Waals surface area contributed by atoms with Crippen molar-refractivity contribution in [3.05, 3.63) is 39.8 Å². The van der Waals surface area contributed by atoms with Crippen molar-refractivity contribution in [2.45, 2.75) is 33.1 Å². The van der Waals surface area contributed by atoms with E-state index in [4.69, 9.17) is 0 Å². The Balaban J connectivity index is 1.86. The summed E-state index contributed by atoms with van der Waals surface area (Å²) in [5, 5.41) is 21.2. The van der Waals surface area contributed by atoms with Gasteiger partial charge >= 0.3 is 0 Å². The van der Waals surface area contributed by atoms with Crippen LogP contribution in [0.25, 0.3) is 10.9 Å². The van der Waals surface area contributed by atoms with Crippen LogP contribution < -0.4 is 0 Å². The van der Waals surface area contributed by atoms with Crippen LogP contribution in [0.3, 0.4) is 0 Å². The largest absolute Gasteiger partial charge is 0.493 e. The van der Waals surface area contributed by atoms with E-state index < -0.39 is 5.91 Å². The summed E-state index contributed by atoms with van der Waals surface area (Å²) in [7, 11) is 0. The fourth-order valence-electron chi connectivity index (χ4n) is 2.43. The Morgan fingerprint density at radius 2 is 2.21 bits per heavy atom.